The lowest BCUT2D eigenvalue weighted by molar-refractivity contribution is 0.626. The Morgan fingerprint density at radius 3 is 2.75 bits per heavy atom. The molecule has 0 atom stereocenters. The summed E-state index contributed by atoms with van der Waals surface area (Å²) in [6.07, 6.45) is 7.20. The highest BCUT2D eigenvalue weighted by atomic mass is 79.9. The molecule has 0 amide bonds. The van der Waals surface area contributed by atoms with Gasteiger partial charge in [0.25, 0.3) is 0 Å². The third-order valence-corrected chi connectivity index (χ3v) is 6.47. The van der Waals surface area contributed by atoms with Crippen molar-refractivity contribution in [2.75, 3.05) is 0 Å². The van der Waals surface area contributed by atoms with Gasteiger partial charge in [0.2, 0.25) is 5.82 Å². The first-order valence-corrected chi connectivity index (χ1v) is 11.5. The van der Waals surface area contributed by atoms with Crippen molar-refractivity contribution >= 4 is 26.9 Å². The number of unbranched alkanes of at least 4 members (excludes halogenated alkanes) is 1. The van der Waals surface area contributed by atoms with Crippen molar-refractivity contribution in [3.05, 3.63) is 70.2 Å². The summed E-state index contributed by atoms with van der Waals surface area (Å²) in [4.78, 5) is 4.57. The van der Waals surface area contributed by atoms with Crippen molar-refractivity contribution in [1.82, 2.24) is 30.2 Å². The van der Waals surface area contributed by atoms with Crippen molar-refractivity contribution in [2.24, 2.45) is 0 Å². The fourth-order valence-electron chi connectivity index (χ4n) is 4.05. The van der Waals surface area contributed by atoms with Crippen molar-refractivity contribution in [1.29, 1.82) is 0 Å². The molecule has 8 heteroatoms. The van der Waals surface area contributed by atoms with E-state index in [4.69, 9.17) is 4.42 Å². The molecule has 0 saturated heterocycles. The molecule has 0 aliphatic carbocycles. The summed E-state index contributed by atoms with van der Waals surface area (Å²) in [7, 11) is 0. The maximum absolute atomic E-state index is 6.45. The van der Waals surface area contributed by atoms with Crippen LogP contribution in [0.3, 0.4) is 0 Å². The SMILES string of the molecule is CCCCc1nccn1Cc1ccc(C)c2oc(-c3ccccc3-c3nn[nH]n3)c(Br)c12. The fraction of sp³-hybridized carbons (Fsp3) is 0.250. The zero-order valence-corrected chi connectivity index (χ0v) is 19.6. The highest BCUT2D eigenvalue weighted by Crippen LogP contribution is 2.43. The van der Waals surface area contributed by atoms with Crippen LogP contribution in [-0.4, -0.2) is 30.2 Å². The van der Waals surface area contributed by atoms with Crippen molar-refractivity contribution in [3.63, 3.8) is 0 Å². The molecule has 5 rings (SSSR count). The number of H-pyrrole nitrogens is 1. The molecule has 3 heterocycles. The molecule has 0 unspecified atom stereocenters. The van der Waals surface area contributed by atoms with Gasteiger partial charge in [-0.1, -0.05) is 49.7 Å². The number of imidazole rings is 1. The summed E-state index contributed by atoms with van der Waals surface area (Å²) in [5.74, 6) is 2.40. The van der Waals surface area contributed by atoms with E-state index in [-0.39, 0.29) is 0 Å². The lowest BCUT2D eigenvalue weighted by Gasteiger charge is -2.10. The lowest BCUT2D eigenvalue weighted by Crippen LogP contribution is -2.05. The molecule has 2 aromatic carbocycles. The average Bonchev–Trinajstić information content (AvgIpc) is 3.55. The Hall–Kier alpha value is -3.26. The molecule has 1 N–H and O–H groups in total. The van der Waals surface area contributed by atoms with Crippen LogP contribution in [0.25, 0.3) is 33.7 Å². The van der Waals surface area contributed by atoms with E-state index in [9.17, 15) is 0 Å². The standard InChI is InChI=1S/C24H23BrN6O/c1-3-4-9-19-26-12-13-31(19)14-16-11-10-15(2)22-20(16)21(25)23(32-22)17-7-5-6-8-18(17)24-27-29-30-28-24/h5-8,10-13H,3-4,9,14H2,1-2H3,(H,27,28,29,30). The molecule has 32 heavy (non-hydrogen) atoms. The average molecular weight is 491 g/mol. The number of aromatic amines is 1. The largest absolute Gasteiger partial charge is 0.455 e. The summed E-state index contributed by atoms with van der Waals surface area (Å²) >= 11 is 3.85. The molecule has 0 bridgehead atoms. The minimum Gasteiger partial charge on any atom is -0.455 e. The Morgan fingerprint density at radius 2 is 1.97 bits per heavy atom. The zero-order chi connectivity index (χ0) is 22.1. The lowest BCUT2D eigenvalue weighted by atomic mass is 10.0. The van der Waals surface area contributed by atoms with Crippen molar-refractivity contribution < 1.29 is 4.42 Å². The number of aromatic nitrogens is 6. The van der Waals surface area contributed by atoms with Gasteiger partial charge < -0.3 is 8.98 Å². The number of halogens is 1. The molecule has 0 aliphatic rings. The van der Waals surface area contributed by atoms with Gasteiger partial charge in [-0.15, -0.1) is 10.2 Å². The van der Waals surface area contributed by atoms with Gasteiger partial charge in [0.1, 0.15) is 17.2 Å². The minimum atomic E-state index is 0.531. The van der Waals surface area contributed by atoms with Crippen LogP contribution in [0.5, 0.6) is 0 Å². The number of hydrogen-bond acceptors (Lipinski definition) is 5. The van der Waals surface area contributed by atoms with Gasteiger partial charge in [0.15, 0.2) is 0 Å². The van der Waals surface area contributed by atoms with Crippen molar-refractivity contribution in [2.45, 2.75) is 39.7 Å². The Kier molecular flexibility index (Phi) is 5.61. The van der Waals surface area contributed by atoms with Gasteiger partial charge in [-0.05, 0) is 45.6 Å². The van der Waals surface area contributed by atoms with Gasteiger partial charge in [0.05, 0.1) is 4.47 Å². The third kappa shape index (κ3) is 3.64. The first-order chi connectivity index (χ1) is 15.7. The maximum atomic E-state index is 6.45. The van der Waals surface area contributed by atoms with E-state index in [2.05, 4.69) is 78.3 Å². The number of fused-ring (bicyclic) bond motifs is 1. The van der Waals surface area contributed by atoms with Gasteiger partial charge in [-0.25, -0.2) is 4.98 Å². The topological polar surface area (TPSA) is 85.4 Å². The van der Waals surface area contributed by atoms with Crippen LogP contribution >= 0.6 is 15.9 Å². The Bertz CT molecular complexity index is 1370. The Labute approximate surface area is 194 Å². The number of nitrogens with zero attached hydrogens (tertiary/aromatic N) is 5. The number of tetrazole rings is 1. The second-order valence-electron chi connectivity index (χ2n) is 7.85. The fourth-order valence-corrected chi connectivity index (χ4v) is 4.78. The zero-order valence-electron chi connectivity index (χ0n) is 18.0. The number of benzene rings is 2. The highest BCUT2D eigenvalue weighted by Gasteiger charge is 2.22. The Balaban J connectivity index is 1.63. The normalized spacial score (nSPS) is 11.5. The van der Waals surface area contributed by atoms with E-state index in [1.165, 1.54) is 5.56 Å². The van der Waals surface area contributed by atoms with Crippen LogP contribution in [0.4, 0.5) is 0 Å². The van der Waals surface area contributed by atoms with E-state index < -0.39 is 0 Å². The van der Waals surface area contributed by atoms with Crippen LogP contribution < -0.4 is 0 Å². The maximum Gasteiger partial charge on any atom is 0.205 e. The summed E-state index contributed by atoms with van der Waals surface area (Å²) < 4.78 is 9.61. The molecule has 0 radical (unpaired) electrons. The van der Waals surface area contributed by atoms with E-state index in [1.54, 1.807) is 0 Å². The van der Waals surface area contributed by atoms with Crippen LogP contribution in [0.15, 0.2) is 57.7 Å². The van der Waals surface area contributed by atoms with Gasteiger partial charge in [-0.3, -0.25) is 0 Å². The summed E-state index contributed by atoms with van der Waals surface area (Å²) in [5, 5.41) is 15.6. The molecule has 7 nitrogen and oxygen atoms in total. The quantitative estimate of drug-likeness (QED) is 0.305. The minimum absolute atomic E-state index is 0.531. The second-order valence-corrected chi connectivity index (χ2v) is 8.64. The summed E-state index contributed by atoms with van der Waals surface area (Å²) in [6.45, 7) is 5.01. The molecule has 0 fully saturated rings. The third-order valence-electron chi connectivity index (χ3n) is 5.72. The number of furan rings is 1. The molecule has 0 saturated carbocycles. The second kappa shape index (κ2) is 8.70. The number of aryl methyl sites for hydroxylation is 2. The number of nitrogens with one attached hydrogen (secondary N) is 1. The molecule has 5 aromatic rings. The van der Waals surface area contributed by atoms with Crippen molar-refractivity contribution in [3.8, 4) is 22.7 Å². The predicted molar refractivity (Wildman–Crippen MR) is 127 cm³/mol. The van der Waals surface area contributed by atoms with Gasteiger partial charge in [0, 0.05) is 41.9 Å². The van der Waals surface area contributed by atoms with E-state index >= 15 is 0 Å². The summed E-state index contributed by atoms with van der Waals surface area (Å²) in [5.41, 5.74) is 4.91. The molecule has 0 aliphatic heterocycles. The molecule has 0 spiro atoms. The predicted octanol–water partition coefficient (Wildman–Crippen LogP) is 5.94. The molecule has 3 aromatic heterocycles. The van der Waals surface area contributed by atoms with Crippen LogP contribution in [-0.2, 0) is 13.0 Å². The van der Waals surface area contributed by atoms with Crippen LogP contribution in [0.2, 0.25) is 0 Å². The Morgan fingerprint density at radius 1 is 1.12 bits per heavy atom. The van der Waals surface area contributed by atoms with Gasteiger partial charge in [-0.2, -0.15) is 5.21 Å². The molecule has 162 valence electrons. The highest BCUT2D eigenvalue weighted by molar-refractivity contribution is 9.10. The van der Waals surface area contributed by atoms with Crippen LogP contribution in [0.1, 0.15) is 36.7 Å². The van der Waals surface area contributed by atoms with E-state index in [1.807, 2.05) is 30.5 Å². The van der Waals surface area contributed by atoms with E-state index in [0.29, 0.717) is 5.82 Å². The first-order valence-electron chi connectivity index (χ1n) is 10.7. The van der Waals surface area contributed by atoms with Crippen LogP contribution in [0, 0.1) is 6.92 Å². The van der Waals surface area contributed by atoms with Gasteiger partial charge >= 0.3 is 0 Å². The van der Waals surface area contributed by atoms with E-state index in [0.717, 1.165) is 69.5 Å². The first kappa shape index (κ1) is 20.6. The molecular weight excluding hydrogens is 468 g/mol. The number of rotatable bonds is 7. The summed E-state index contributed by atoms with van der Waals surface area (Å²) in [6, 6.07) is 12.2. The number of hydrogen-bond donors (Lipinski definition) is 1. The smallest absolute Gasteiger partial charge is 0.205 e. The molecular formula is C24H23BrN6O. The monoisotopic (exact) mass is 490 g/mol.